The van der Waals surface area contributed by atoms with Gasteiger partial charge in [0.1, 0.15) is 5.82 Å². The van der Waals surface area contributed by atoms with Crippen LogP contribution >= 0.6 is 27.3 Å². The number of hydrogen-bond acceptors (Lipinski definition) is 3. The number of hydrogen-bond donors (Lipinski definition) is 1. The molecule has 0 atom stereocenters. The summed E-state index contributed by atoms with van der Waals surface area (Å²) in [5.41, 5.74) is 2.75. The van der Waals surface area contributed by atoms with Crippen molar-refractivity contribution in [2.75, 3.05) is 23.3 Å². The van der Waals surface area contributed by atoms with Gasteiger partial charge in [0, 0.05) is 25.3 Å². The third kappa shape index (κ3) is 3.15. The van der Waals surface area contributed by atoms with Gasteiger partial charge in [0.05, 0.1) is 9.47 Å². The Labute approximate surface area is 130 Å². The van der Waals surface area contributed by atoms with Crippen LogP contribution in [0.3, 0.4) is 0 Å². The average Bonchev–Trinajstić information content (AvgIpc) is 3.08. The molecular formula is C15H16BrFN2S. The van der Waals surface area contributed by atoms with E-state index in [4.69, 9.17) is 0 Å². The Hall–Kier alpha value is -1.07. The molecule has 1 N–H and O–H groups in total. The molecule has 0 spiro atoms. The molecule has 5 heteroatoms. The highest BCUT2D eigenvalue weighted by Gasteiger charge is 2.16. The maximum Gasteiger partial charge on any atom is 0.148 e. The minimum absolute atomic E-state index is 0.136. The second kappa shape index (κ2) is 6.14. The molecule has 2 aromatic rings. The van der Waals surface area contributed by atoms with Crippen molar-refractivity contribution in [1.29, 1.82) is 0 Å². The van der Waals surface area contributed by atoms with Gasteiger partial charge < -0.3 is 10.2 Å². The van der Waals surface area contributed by atoms with Gasteiger partial charge in [-0.2, -0.15) is 0 Å². The number of thiophene rings is 1. The van der Waals surface area contributed by atoms with Gasteiger partial charge in [0.25, 0.3) is 0 Å². The summed E-state index contributed by atoms with van der Waals surface area (Å²) in [7, 11) is 0. The highest BCUT2D eigenvalue weighted by atomic mass is 79.9. The standard InChI is InChI=1S/C15H16BrFN2S/c16-15-7-11(10-20-15)9-18-12-3-4-14(13(17)8-12)19-5-1-2-6-19/h3-4,7-8,10,18H,1-2,5-6,9H2. The topological polar surface area (TPSA) is 15.3 Å². The van der Waals surface area contributed by atoms with Crippen LogP contribution in [0.25, 0.3) is 0 Å². The van der Waals surface area contributed by atoms with Gasteiger partial charge in [-0.1, -0.05) is 0 Å². The molecule has 2 heterocycles. The lowest BCUT2D eigenvalue weighted by molar-refractivity contribution is 0.623. The normalized spacial score (nSPS) is 14.8. The number of anilines is 2. The second-order valence-electron chi connectivity index (χ2n) is 4.97. The maximum absolute atomic E-state index is 14.1. The van der Waals surface area contributed by atoms with Gasteiger partial charge >= 0.3 is 0 Å². The van der Waals surface area contributed by atoms with Crippen molar-refractivity contribution >= 4 is 38.6 Å². The summed E-state index contributed by atoms with van der Waals surface area (Å²) in [6, 6.07) is 7.51. The van der Waals surface area contributed by atoms with Gasteiger partial charge in [-0.3, -0.25) is 0 Å². The monoisotopic (exact) mass is 354 g/mol. The van der Waals surface area contributed by atoms with E-state index in [2.05, 4.69) is 37.6 Å². The van der Waals surface area contributed by atoms with Crippen molar-refractivity contribution in [3.63, 3.8) is 0 Å². The first-order valence-corrected chi connectivity index (χ1v) is 8.41. The summed E-state index contributed by atoms with van der Waals surface area (Å²) in [4.78, 5) is 2.12. The summed E-state index contributed by atoms with van der Waals surface area (Å²) in [6.07, 6.45) is 2.32. The Morgan fingerprint density at radius 3 is 2.70 bits per heavy atom. The third-order valence-corrected chi connectivity index (χ3v) is 5.07. The van der Waals surface area contributed by atoms with E-state index in [1.165, 1.54) is 5.56 Å². The Morgan fingerprint density at radius 2 is 2.05 bits per heavy atom. The van der Waals surface area contributed by atoms with Gasteiger partial charge in [-0.15, -0.1) is 11.3 Å². The Kier molecular flexibility index (Phi) is 4.27. The van der Waals surface area contributed by atoms with Crippen molar-refractivity contribution in [2.45, 2.75) is 19.4 Å². The zero-order valence-electron chi connectivity index (χ0n) is 11.0. The molecule has 0 aliphatic carbocycles. The fourth-order valence-corrected chi connectivity index (χ4v) is 3.68. The predicted molar refractivity (Wildman–Crippen MR) is 87.2 cm³/mol. The molecule has 20 heavy (non-hydrogen) atoms. The summed E-state index contributed by atoms with van der Waals surface area (Å²) in [5, 5.41) is 5.35. The number of nitrogens with one attached hydrogen (secondary N) is 1. The molecule has 0 amide bonds. The number of benzene rings is 1. The van der Waals surface area contributed by atoms with Crippen molar-refractivity contribution in [2.24, 2.45) is 0 Å². The van der Waals surface area contributed by atoms with Gasteiger partial charge in [-0.25, -0.2) is 4.39 Å². The molecule has 0 saturated carbocycles. The summed E-state index contributed by atoms with van der Waals surface area (Å²) in [6.45, 7) is 2.64. The van der Waals surface area contributed by atoms with Gasteiger partial charge in [0.2, 0.25) is 0 Å². The molecule has 106 valence electrons. The van der Waals surface area contributed by atoms with E-state index in [0.29, 0.717) is 6.54 Å². The third-order valence-electron chi connectivity index (χ3n) is 3.51. The summed E-state index contributed by atoms with van der Waals surface area (Å²) >= 11 is 5.10. The van der Waals surface area contributed by atoms with E-state index >= 15 is 0 Å². The van der Waals surface area contributed by atoms with E-state index in [1.54, 1.807) is 17.4 Å². The highest BCUT2D eigenvalue weighted by molar-refractivity contribution is 9.11. The average molecular weight is 355 g/mol. The number of halogens is 2. The molecule has 3 rings (SSSR count). The van der Waals surface area contributed by atoms with Crippen LogP contribution in [0.1, 0.15) is 18.4 Å². The van der Waals surface area contributed by atoms with E-state index in [-0.39, 0.29) is 5.82 Å². The van der Waals surface area contributed by atoms with E-state index < -0.39 is 0 Å². The zero-order valence-corrected chi connectivity index (χ0v) is 13.4. The van der Waals surface area contributed by atoms with Crippen molar-refractivity contribution in [3.8, 4) is 0 Å². The first kappa shape index (κ1) is 13.9. The Morgan fingerprint density at radius 1 is 1.25 bits per heavy atom. The van der Waals surface area contributed by atoms with E-state index in [0.717, 1.165) is 41.1 Å². The lowest BCUT2D eigenvalue weighted by Crippen LogP contribution is -2.18. The molecule has 1 aromatic carbocycles. The minimum atomic E-state index is -0.136. The molecule has 1 aromatic heterocycles. The zero-order chi connectivity index (χ0) is 13.9. The summed E-state index contributed by atoms with van der Waals surface area (Å²) in [5.74, 6) is -0.136. The van der Waals surface area contributed by atoms with Crippen LogP contribution in [-0.4, -0.2) is 13.1 Å². The Balaban J connectivity index is 1.67. The van der Waals surface area contributed by atoms with Gasteiger partial charge in [0.15, 0.2) is 0 Å². The van der Waals surface area contributed by atoms with Crippen LogP contribution < -0.4 is 10.2 Å². The predicted octanol–water partition coefficient (Wildman–Crippen LogP) is 4.86. The van der Waals surface area contributed by atoms with E-state index in [9.17, 15) is 4.39 Å². The molecule has 1 aliphatic heterocycles. The Bertz CT molecular complexity index is 593. The number of nitrogens with zero attached hydrogens (tertiary/aromatic N) is 1. The van der Waals surface area contributed by atoms with Gasteiger partial charge in [-0.05, 0) is 64.0 Å². The molecule has 1 saturated heterocycles. The minimum Gasteiger partial charge on any atom is -0.381 e. The van der Waals surface area contributed by atoms with Crippen molar-refractivity contribution in [3.05, 3.63) is 44.8 Å². The lowest BCUT2D eigenvalue weighted by atomic mass is 10.2. The van der Waals surface area contributed by atoms with Crippen LogP contribution in [0.2, 0.25) is 0 Å². The molecule has 0 unspecified atom stereocenters. The largest absolute Gasteiger partial charge is 0.381 e. The van der Waals surface area contributed by atoms with Crippen molar-refractivity contribution < 1.29 is 4.39 Å². The van der Waals surface area contributed by atoms with Crippen LogP contribution in [0.15, 0.2) is 33.4 Å². The van der Waals surface area contributed by atoms with E-state index in [1.807, 2.05) is 12.1 Å². The molecule has 2 nitrogen and oxygen atoms in total. The fourth-order valence-electron chi connectivity index (χ4n) is 2.47. The maximum atomic E-state index is 14.1. The number of rotatable bonds is 4. The van der Waals surface area contributed by atoms with Crippen LogP contribution in [0.5, 0.6) is 0 Å². The van der Waals surface area contributed by atoms with Crippen LogP contribution in [-0.2, 0) is 6.54 Å². The quantitative estimate of drug-likeness (QED) is 0.842. The molecule has 1 aliphatic rings. The first-order chi connectivity index (χ1) is 9.72. The van der Waals surface area contributed by atoms with Crippen LogP contribution in [0.4, 0.5) is 15.8 Å². The first-order valence-electron chi connectivity index (χ1n) is 6.74. The lowest BCUT2D eigenvalue weighted by Gasteiger charge is -2.19. The van der Waals surface area contributed by atoms with Crippen LogP contribution in [0, 0.1) is 5.82 Å². The smallest absolute Gasteiger partial charge is 0.148 e. The molecule has 0 radical (unpaired) electrons. The molecule has 1 fully saturated rings. The molecule has 0 bridgehead atoms. The van der Waals surface area contributed by atoms with Crippen molar-refractivity contribution in [1.82, 2.24) is 0 Å². The second-order valence-corrected chi connectivity index (χ2v) is 7.26. The SMILES string of the molecule is Fc1cc(NCc2csc(Br)c2)ccc1N1CCCC1. The molecular weight excluding hydrogens is 339 g/mol. The fraction of sp³-hybridized carbons (Fsp3) is 0.333. The highest BCUT2D eigenvalue weighted by Crippen LogP contribution is 2.27. The summed E-state index contributed by atoms with van der Waals surface area (Å²) < 4.78 is 15.3.